The van der Waals surface area contributed by atoms with Crippen molar-refractivity contribution in [3.63, 3.8) is 0 Å². The summed E-state index contributed by atoms with van der Waals surface area (Å²) in [4.78, 5) is 0. The molecule has 1 saturated heterocycles. The maximum absolute atomic E-state index is 5.80. The number of rotatable bonds is 4. The standard InChI is InChI=1S/C14H18BrNO2/c15-12-7-11(14-8-16-5-6-17-14)3-4-13(12)18-9-10-1-2-10/h3-4,7,10,14,16H,1-2,5-6,8-9H2. The Labute approximate surface area is 116 Å². The molecule has 1 aliphatic carbocycles. The molecule has 3 rings (SSSR count). The zero-order chi connectivity index (χ0) is 12.4. The van der Waals surface area contributed by atoms with Gasteiger partial charge >= 0.3 is 0 Å². The Morgan fingerprint density at radius 3 is 2.94 bits per heavy atom. The molecule has 98 valence electrons. The number of hydrogen-bond acceptors (Lipinski definition) is 3. The van der Waals surface area contributed by atoms with Crippen LogP contribution in [0.4, 0.5) is 0 Å². The highest BCUT2D eigenvalue weighted by atomic mass is 79.9. The average Bonchev–Trinajstić information content (AvgIpc) is 3.22. The zero-order valence-corrected chi connectivity index (χ0v) is 11.9. The van der Waals surface area contributed by atoms with Gasteiger partial charge in [-0.3, -0.25) is 0 Å². The highest BCUT2D eigenvalue weighted by molar-refractivity contribution is 9.10. The second kappa shape index (κ2) is 5.59. The van der Waals surface area contributed by atoms with Crippen LogP contribution in [0.25, 0.3) is 0 Å². The third-order valence-corrected chi connectivity index (χ3v) is 4.05. The van der Waals surface area contributed by atoms with Crippen LogP contribution in [0.3, 0.4) is 0 Å². The van der Waals surface area contributed by atoms with Crippen LogP contribution < -0.4 is 10.1 Å². The molecule has 1 N–H and O–H groups in total. The van der Waals surface area contributed by atoms with Crippen LogP contribution in [-0.4, -0.2) is 26.3 Å². The molecule has 2 aliphatic rings. The van der Waals surface area contributed by atoms with Crippen molar-refractivity contribution in [3.8, 4) is 5.75 Å². The first-order valence-corrected chi connectivity index (χ1v) is 7.37. The maximum Gasteiger partial charge on any atom is 0.133 e. The highest BCUT2D eigenvalue weighted by Gasteiger charge is 2.22. The summed E-state index contributed by atoms with van der Waals surface area (Å²) in [5.41, 5.74) is 1.20. The number of benzene rings is 1. The van der Waals surface area contributed by atoms with Crippen molar-refractivity contribution < 1.29 is 9.47 Å². The van der Waals surface area contributed by atoms with Gasteiger partial charge in [-0.05, 0) is 52.4 Å². The van der Waals surface area contributed by atoms with E-state index in [1.54, 1.807) is 0 Å². The normalized spacial score (nSPS) is 23.9. The Balaban J connectivity index is 1.66. The molecular formula is C14H18BrNO2. The Morgan fingerprint density at radius 2 is 2.28 bits per heavy atom. The zero-order valence-electron chi connectivity index (χ0n) is 10.3. The lowest BCUT2D eigenvalue weighted by Gasteiger charge is -2.24. The fraction of sp³-hybridized carbons (Fsp3) is 0.571. The molecule has 0 bridgehead atoms. The lowest BCUT2D eigenvalue weighted by atomic mass is 10.1. The monoisotopic (exact) mass is 311 g/mol. The van der Waals surface area contributed by atoms with Crippen molar-refractivity contribution in [1.82, 2.24) is 5.32 Å². The molecule has 3 nitrogen and oxygen atoms in total. The predicted molar refractivity (Wildman–Crippen MR) is 73.9 cm³/mol. The average molecular weight is 312 g/mol. The van der Waals surface area contributed by atoms with Gasteiger partial charge in [-0.2, -0.15) is 0 Å². The molecule has 0 aromatic heterocycles. The summed E-state index contributed by atoms with van der Waals surface area (Å²) in [6.45, 7) is 3.45. The summed E-state index contributed by atoms with van der Waals surface area (Å²) in [6.07, 6.45) is 2.79. The first-order chi connectivity index (χ1) is 8.83. The molecule has 2 fully saturated rings. The Bertz CT molecular complexity index is 414. The Morgan fingerprint density at radius 1 is 1.39 bits per heavy atom. The van der Waals surface area contributed by atoms with Crippen molar-refractivity contribution in [2.75, 3.05) is 26.3 Å². The Hall–Kier alpha value is -0.580. The largest absolute Gasteiger partial charge is 0.492 e. The first-order valence-electron chi connectivity index (χ1n) is 6.57. The number of hydrogen-bond donors (Lipinski definition) is 1. The van der Waals surface area contributed by atoms with Crippen molar-refractivity contribution in [3.05, 3.63) is 28.2 Å². The van der Waals surface area contributed by atoms with Crippen LogP contribution in [0.5, 0.6) is 5.75 Å². The van der Waals surface area contributed by atoms with E-state index in [9.17, 15) is 0 Å². The molecular weight excluding hydrogens is 294 g/mol. The summed E-state index contributed by atoms with van der Waals surface area (Å²) in [5, 5.41) is 3.34. The van der Waals surface area contributed by atoms with Gasteiger partial charge in [-0.15, -0.1) is 0 Å². The lowest BCUT2D eigenvalue weighted by molar-refractivity contribution is 0.0276. The Kier molecular flexibility index (Phi) is 3.87. The quantitative estimate of drug-likeness (QED) is 0.927. The molecule has 4 heteroatoms. The molecule has 0 amide bonds. The minimum Gasteiger partial charge on any atom is -0.492 e. The van der Waals surface area contributed by atoms with E-state index in [1.807, 2.05) is 6.07 Å². The van der Waals surface area contributed by atoms with E-state index in [4.69, 9.17) is 9.47 Å². The van der Waals surface area contributed by atoms with Gasteiger partial charge in [0, 0.05) is 13.1 Å². The molecule has 1 saturated carbocycles. The fourth-order valence-electron chi connectivity index (χ4n) is 2.11. The summed E-state index contributed by atoms with van der Waals surface area (Å²) < 4.78 is 12.6. The van der Waals surface area contributed by atoms with E-state index >= 15 is 0 Å². The van der Waals surface area contributed by atoms with Crippen molar-refractivity contribution in [2.45, 2.75) is 18.9 Å². The third-order valence-electron chi connectivity index (χ3n) is 3.43. The van der Waals surface area contributed by atoms with E-state index in [0.717, 1.165) is 42.4 Å². The summed E-state index contributed by atoms with van der Waals surface area (Å²) in [6, 6.07) is 6.25. The second-order valence-corrected chi connectivity index (χ2v) is 5.86. The third kappa shape index (κ3) is 3.05. The second-order valence-electron chi connectivity index (χ2n) is 5.01. The summed E-state index contributed by atoms with van der Waals surface area (Å²) in [7, 11) is 0. The molecule has 0 spiro atoms. The number of halogens is 1. The fourth-order valence-corrected chi connectivity index (χ4v) is 2.62. The van der Waals surface area contributed by atoms with E-state index in [0.29, 0.717) is 0 Å². The van der Waals surface area contributed by atoms with E-state index in [-0.39, 0.29) is 6.10 Å². The van der Waals surface area contributed by atoms with Gasteiger partial charge in [0.25, 0.3) is 0 Å². The van der Waals surface area contributed by atoms with E-state index in [1.165, 1.54) is 18.4 Å². The van der Waals surface area contributed by atoms with Crippen LogP contribution in [0.1, 0.15) is 24.5 Å². The van der Waals surface area contributed by atoms with E-state index in [2.05, 4.69) is 33.4 Å². The van der Waals surface area contributed by atoms with Gasteiger partial charge in [-0.25, -0.2) is 0 Å². The lowest BCUT2D eigenvalue weighted by Crippen LogP contribution is -2.33. The number of ether oxygens (including phenoxy) is 2. The molecule has 1 atom stereocenters. The van der Waals surface area contributed by atoms with Gasteiger partial charge < -0.3 is 14.8 Å². The molecule has 1 aliphatic heterocycles. The molecule has 1 aromatic carbocycles. The SMILES string of the molecule is Brc1cc(C2CNCCO2)ccc1OCC1CC1. The first kappa shape index (κ1) is 12.5. The van der Waals surface area contributed by atoms with E-state index < -0.39 is 0 Å². The minimum atomic E-state index is 0.160. The summed E-state index contributed by atoms with van der Waals surface area (Å²) in [5.74, 6) is 1.72. The maximum atomic E-state index is 5.80. The van der Waals surface area contributed by atoms with Crippen molar-refractivity contribution >= 4 is 15.9 Å². The molecule has 1 unspecified atom stereocenters. The molecule has 18 heavy (non-hydrogen) atoms. The van der Waals surface area contributed by atoms with Crippen LogP contribution >= 0.6 is 15.9 Å². The van der Waals surface area contributed by atoms with Crippen LogP contribution in [0.15, 0.2) is 22.7 Å². The molecule has 1 heterocycles. The van der Waals surface area contributed by atoms with Gasteiger partial charge in [-0.1, -0.05) is 6.07 Å². The molecule has 0 radical (unpaired) electrons. The van der Waals surface area contributed by atoms with Gasteiger partial charge in [0.2, 0.25) is 0 Å². The van der Waals surface area contributed by atoms with Gasteiger partial charge in [0.05, 0.1) is 23.8 Å². The number of nitrogens with one attached hydrogen (secondary N) is 1. The highest BCUT2D eigenvalue weighted by Crippen LogP contribution is 2.33. The number of morpholine rings is 1. The predicted octanol–water partition coefficient (Wildman–Crippen LogP) is 2.90. The van der Waals surface area contributed by atoms with Gasteiger partial charge in [0.15, 0.2) is 0 Å². The smallest absolute Gasteiger partial charge is 0.133 e. The van der Waals surface area contributed by atoms with Crippen molar-refractivity contribution in [2.24, 2.45) is 5.92 Å². The van der Waals surface area contributed by atoms with Crippen LogP contribution in [0.2, 0.25) is 0 Å². The van der Waals surface area contributed by atoms with Gasteiger partial charge in [0.1, 0.15) is 5.75 Å². The molecule has 1 aromatic rings. The van der Waals surface area contributed by atoms with Crippen molar-refractivity contribution in [1.29, 1.82) is 0 Å². The topological polar surface area (TPSA) is 30.5 Å². The van der Waals surface area contributed by atoms with Crippen LogP contribution in [0, 0.1) is 5.92 Å². The van der Waals surface area contributed by atoms with Crippen LogP contribution in [-0.2, 0) is 4.74 Å². The summed E-state index contributed by atoms with van der Waals surface area (Å²) >= 11 is 3.58. The minimum absolute atomic E-state index is 0.160.